The standard InChI is InChI=1S/C30H39N3O12/c1-7-13-40-19-22(4)25(34)43-16-10-31-28(37)32(11-17-44-26(35)23(5)20-41-14-8-2)30(39)33(29(31)38)12-18-45-27(36)24(6)21-42-15-9-3/h7-9H,1-6,10-21H2. The Labute approximate surface area is 259 Å². The number of hydrogen-bond donors (Lipinski definition) is 0. The number of ether oxygens (including phenoxy) is 6. The molecule has 1 rings (SSSR count). The van der Waals surface area contributed by atoms with Crippen LogP contribution in [-0.2, 0) is 62.4 Å². The molecule has 0 bridgehead atoms. The molecule has 0 aliphatic carbocycles. The van der Waals surface area contributed by atoms with Crippen molar-refractivity contribution in [3.05, 3.63) is 106 Å². The van der Waals surface area contributed by atoms with Crippen LogP contribution in [0.1, 0.15) is 0 Å². The summed E-state index contributed by atoms with van der Waals surface area (Å²) in [5, 5.41) is 0. The third kappa shape index (κ3) is 13.1. The van der Waals surface area contributed by atoms with Crippen LogP contribution in [0.4, 0.5) is 0 Å². The van der Waals surface area contributed by atoms with Crippen molar-refractivity contribution in [2.45, 2.75) is 19.6 Å². The van der Waals surface area contributed by atoms with Gasteiger partial charge in [0, 0.05) is 0 Å². The van der Waals surface area contributed by atoms with Crippen molar-refractivity contribution < 1.29 is 42.8 Å². The number of hydrogen-bond acceptors (Lipinski definition) is 12. The molecule has 0 saturated carbocycles. The fraction of sp³-hybridized carbons (Fsp3) is 0.400. The van der Waals surface area contributed by atoms with E-state index in [1.807, 2.05) is 0 Å². The molecule has 0 spiro atoms. The Morgan fingerprint density at radius 3 is 0.978 bits per heavy atom. The lowest BCUT2D eigenvalue weighted by molar-refractivity contribution is -0.140. The van der Waals surface area contributed by atoms with Crippen molar-refractivity contribution >= 4 is 17.9 Å². The van der Waals surface area contributed by atoms with E-state index in [4.69, 9.17) is 28.4 Å². The van der Waals surface area contributed by atoms with Crippen LogP contribution < -0.4 is 17.1 Å². The molecule has 15 heteroatoms. The Morgan fingerprint density at radius 1 is 0.511 bits per heavy atom. The normalized spacial score (nSPS) is 10.4. The second kappa shape index (κ2) is 20.9. The highest BCUT2D eigenvalue weighted by Crippen LogP contribution is 1.99. The molecule has 1 aromatic heterocycles. The van der Waals surface area contributed by atoms with Gasteiger partial charge >= 0.3 is 35.0 Å². The van der Waals surface area contributed by atoms with Gasteiger partial charge in [-0.15, -0.1) is 19.7 Å². The molecule has 0 N–H and O–H groups in total. The number of rotatable bonds is 24. The van der Waals surface area contributed by atoms with E-state index < -0.39 is 74.4 Å². The number of esters is 3. The first-order valence-electron chi connectivity index (χ1n) is 13.5. The minimum absolute atomic E-state index is 0.0110. The van der Waals surface area contributed by atoms with Gasteiger partial charge in [-0.1, -0.05) is 38.0 Å². The molecule has 15 nitrogen and oxygen atoms in total. The molecule has 0 aliphatic rings. The predicted molar refractivity (Wildman–Crippen MR) is 163 cm³/mol. The van der Waals surface area contributed by atoms with Crippen LogP contribution in [0.15, 0.2) is 88.8 Å². The van der Waals surface area contributed by atoms with Crippen molar-refractivity contribution in [1.82, 2.24) is 13.7 Å². The van der Waals surface area contributed by atoms with Gasteiger partial charge in [-0.05, 0) is 0 Å². The Kier molecular flexibility index (Phi) is 17.8. The molecule has 1 aromatic rings. The molecular formula is C30H39N3O12. The van der Waals surface area contributed by atoms with Crippen molar-refractivity contribution in [3.63, 3.8) is 0 Å². The monoisotopic (exact) mass is 633 g/mol. The summed E-state index contributed by atoms with van der Waals surface area (Å²) in [6, 6.07) is 0. The van der Waals surface area contributed by atoms with E-state index in [2.05, 4.69) is 39.5 Å². The molecular weight excluding hydrogens is 594 g/mol. The van der Waals surface area contributed by atoms with Gasteiger partial charge in [0.1, 0.15) is 19.8 Å². The molecule has 45 heavy (non-hydrogen) atoms. The summed E-state index contributed by atoms with van der Waals surface area (Å²) >= 11 is 0. The Hall–Kier alpha value is -4.86. The van der Waals surface area contributed by atoms with Gasteiger partial charge in [-0.2, -0.15) is 0 Å². The minimum atomic E-state index is -1.06. The predicted octanol–water partition coefficient (Wildman–Crippen LogP) is 0.0777. The lowest BCUT2D eigenvalue weighted by Gasteiger charge is -2.15. The van der Waals surface area contributed by atoms with E-state index in [0.717, 1.165) is 0 Å². The quantitative estimate of drug-likeness (QED) is 0.0494. The molecule has 0 fully saturated rings. The molecule has 0 aliphatic heterocycles. The van der Waals surface area contributed by atoms with Crippen LogP contribution in [0.3, 0.4) is 0 Å². The topological polar surface area (TPSA) is 173 Å². The third-order valence-electron chi connectivity index (χ3n) is 5.43. The highest BCUT2D eigenvalue weighted by Gasteiger charge is 2.18. The van der Waals surface area contributed by atoms with Gasteiger partial charge in [-0.3, -0.25) is 0 Å². The van der Waals surface area contributed by atoms with Crippen LogP contribution >= 0.6 is 0 Å². The van der Waals surface area contributed by atoms with Crippen LogP contribution in [0.5, 0.6) is 0 Å². The van der Waals surface area contributed by atoms with E-state index in [9.17, 15) is 28.8 Å². The van der Waals surface area contributed by atoms with E-state index in [0.29, 0.717) is 13.7 Å². The summed E-state index contributed by atoms with van der Waals surface area (Å²) in [5.41, 5.74) is -3.20. The van der Waals surface area contributed by atoms with Gasteiger partial charge in [0.15, 0.2) is 0 Å². The number of carbonyl (C=O) groups is 3. The Morgan fingerprint density at radius 2 is 0.756 bits per heavy atom. The molecule has 0 unspecified atom stereocenters. The van der Waals surface area contributed by atoms with E-state index >= 15 is 0 Å². The maximum Gasteiger partial charge on any atom is 0.336 e. The van der Waals surface area contributed by atoms with Crippen molar-refractivity contribution in [3.8, 4) is 0 Å². The van der Waals surface area contributed by atoms with E-state index in [1.54, 1.807) is 0 Å². The lowest BCUT2D eigenvalue weighted by Crippen LogP contribution is -2.55. The summed E-state index contributed by atoms with van der Waals surface area (Å²) < 4.78 is 32.6. The first-order chi connectivity index (χ1) is 21.5. The van der Waals surface area contributed by atoms with Crippen LogP contribution in [0.2, 0.25) is 0 Å². The van der Waals surface area contributed by atoms with Crippen molar-refractivity contribution in [1.29, 1.82) is 0 Å². The van der Waals surface area contributed by atoms with Gasteiger partial charge in [0.25, 0.3) is 0 Å². The fourth-order valence-electron chi connectivity index (χ4n) is 3.22. The summed E-state index contributed by atoms with van der Waals surface area (Å²) in [4.78, 5) is 76.0. The molecule has 0 atom stereocenters. The largest absolute Gasteiger partial charge is 0.460 e. The molecule has 0 aromatic carbocycles. The maximum atomic E-state index is 13.1. The molecule has 0 saturated heterocycles. The molecule has 0 amide bonds. The smallest absolute Gasteiger partial charge is 0.336 e. The van der Waals surface area contributed by atoms with Gasteiger partial charge < -0.3 is 28.4 Å². The molecule has 0 radical (unpaired) electrons. The Balaban J connectivity index is 3.12. The number of carbonyl (C=O) groups excluding carboxylic acids is 3. The first kappa shape index (κ1) is 38.2. The molecule has 1 heterocycles. The number of aromatic nitrogens is 3. The lowest BCUT2D eigenvalue weighted by atomic mass is 10.3. The second-order valence-corrected chi connectivity index (χ2v) is 8.93. The summed E-state index contributed by atoms with van der Waals surface area (Å²) in [7, 11) is 0. The zero-order chi connectivity index (χ0) is 33.8. The van der Waals surface area contributed by atoms with E-state index in [-0.39, 0.29) is 56.4 Å². The summed E-state index contributed by atoms with van der Waals surface area (Å²) in [5.74, 6) is -2.47. The van der Waals surface area contributed by atoms with Crippen LogP contribution in [-0.4, -0.2) is 91.1 Å². The number of nitrogens with zero attached hydrogens (tertiary/aromatic N) is 3. The molecule has 246 valence electrons. The summed E-state index contributed by atoms with van der Waals surface area (Å²) in [6.45, 7) is 18.6. The van der Waals surface area contributed by atoms with E-state index in [1.165, 1.54) is 18.2 Å². The average molecular weight is 634 g/mol. The zero-order valence-electron chi connectivity index (χ0n) is 25.2. The van der Waals surface area contributed by atoms with Gasteiger partial charge in [0.2, 0.25) is 0 Å². The SMILES string of the molecule is C=CCOCC(=C)C(=O)OCCn1c(=O)n(CCOC(=O)C(=C)COCC=C)c(=O)n(CCOC(=O)C(=C)COCC=C)c1=O. The van der Waals surface area contributed by atoms with Crippen LogP contribution in [0, 0.1) is 0 Å². The zero-order valence-corrected chi connectivity index (χ0v) is 25.2. The maximum absolute atomic E-state index is 13.1. The highest BCUT2D eigenvalue weighted by atomic mass is 16.5. The average Bonchev–Trinajstić information content (AvgIpc) is 3.01. The highest BCUT2D eigenvalue weighted by molar-refractivity contribution is 5.88. The van der Waals surface area contributed by atoms with Crippen molar-refractivity contribution in [2.24, 2.45) is 0 Å². The Bertz CT molecular complexity index is 1250. The first-order valence-corrected chi connectivity index (χ1v) is 13.5. The third-order valence-corrected chi connectivity index (χ3v) is 5.43. The van der Waals surface area contributed by atoms with Crippen molar-refractivity contribution in [2.75, 3.05) is 59.5 Å². The fourth-order valence-corrected chi connectivity index (χ4v) is 3.22. The second-order valence-electron chi connectivity index (χ2n) is 8.93. The van der Waals surface area contributed by atoms with Crippen LogP contribution in [0.25, 0.3) is 0 Å². The summed E-state index contributed by atoms with van der Waals surface area (Å²) in [6.07, 6.45) is 4.45. The van der Waals surface area contributed by atoms with Gasteiger partial charge in [0.05, 0.1) is 76.0 Å². The van der Waals surface area contributed by atoms with Gasteiger partial charge in [-0.25, -0.2) is 42.5 Å². The minimum Gasteiger partial charge on any atom is -0.460 e.